The van der Waals surface area contributed by atoms with Gasteiger partial charge in [-0.2, -0.15) is 5.26 Å². The van der Waals surface area contributed by atoms with Crippen LogP contribution in [0.4, 0.5) is 4.39 Å². The molecule has 8 nitrogen and oxygen atoms in total. The minimum absolute atomic E-state index is 0.0212. The van der Waals surface area contributed by atoms with Crippen molar-refractivity contribution in [3.63, 3.8) is 0 Å². The molecule has 0 aliphatic heterocycles. The average molecular weight is 529 g/mol. The van der Waals surface area contributed by atoms with Crippen molar-refractivity contribution in [3.8, 4) is 23.4 Å². The van der Waals surface area contributed by atoms with Crippen LogP contribution in [-0.4, -0.2) is 33.5 Å². The molecule has 0 spiro atoms. The van der Waals surface area contributed by atoms with Gasteiger partial charge in [0.25, 0.3) is 0 Å². The van der Waals surface area contributed by atoms with Crippen LogP contribution in [0.3, 0.4) is 0 Å². The molecule has 0 bridgehead atoms. The molecule has 168 valence electrons. The molecule has 0 saturated carbocycles. The lowest BCUT2D eigenvalue weighted by Gasteiger charge is -2.20. The molecule has 0 fully saturated rings. The Balaban J connectivity index is 1.97. The number of halogens is 2. The van der Waals surface area contributed by atoms with Crippen molar-refractivity contribution in [1.29, 1.82) is 5.26 Å². The van der Waals surface area contributed by atoms with Crippen LogP contribution in [0.5, 0.6) is 0 Å². The third-order valence-corrected chi connectivity index (χ3v) is 6.95. The van der Waals surface area contributed by atoms with E-state index in [1.807, 2.05) is 0 Å². The van der Waals surface area contributed by atoms with Crippen LogP contribution >= 0.6 is 15.9 Å². The van der Waals surface area contributed by atoms with Gasteiger partial charge in [0, 0.05) is 29.5 Å². The van der Waals surface area contributed by atoms with Gasteiger partial charge in [0.05, 0.1) is 26.9 Å². The van der Waals surface area contributed by atoms with Crippen LogP contribution in [0.1, 0.15) is 26.3 Å². The molecule has 0 aliphatic rings. The first-order valence-electron chi connectivity index (χ1n) is 9.73. The van der Waals surface area contributed by atoms with Gasteiger partial charge in [0.15, 0.2) is 0 Å². The average Bonchev–Trinajstić information content (AvgIpc) is 3.06. The van der Waals surface area contributed by atoms with E-state index in [1.54, 1.807) is 43.8 Å². The zero-order valence-corrected chi connectivity index (χ0v) is 20.2. The van der Waals surface area contributed by atoms with Crippen molar-refractivity contribution in [1.82, 2.24) is 24.2 Å². The topological polar surface area (TPSA) is 114 Å². The summed E-state index contributed by atoms with van der Waals surface area (Å²) < 4.78 is 44.0. The summed E-state index contributed by atoms with van der Waals surface area (Å²) in [7, 11) is -3.80. The van der Waals surface area contributed by atoms with E-state index < -0.39 is 21.4 Å². The summed E-state index contributed by atoms with van der Waals surface area (Å²) in [5, 5.41) is 10.3. The quantitative estimate of drug-likeness (QED) is 0.421. The molecule has 3 heterocycles. The number of nitrogens with zero attached hydrogens (tertiary/aromatic N) is 5. The molecule has 11 heteroatoms. The molecule has 0 unspecified atom stereocenters. The lowest BCUT2D eigenvalue weighted by Crippen LogP contribution is -2.40. The lowest BCUT2D eigenvalue weighted by atomic mass is 10.1. The Labute approximate surface area is 198 Å². The summed E-state index contributed by atoms with van der Waals surface area (Å²) in [6.45, 7) is 5.21. The van der Waals surface area contributed by atoms with E-state index in [-0.39, 0.29) is 20.9 Å². The molecule has 3 aromatic heterocycles. The van der Waals surface area contributed by atoms with Gasteiger partial charge in [0.2, 0.25) is 16.0 Å². The van der Waals surface area contributed by atoms with Crippen LogP contribution in [0.2, 0.25) is 0 Å². The number of benzene rings is 1. The number of rotatable bonds is 4. The smallest absolute Gasteiger partial charge is 0.242 e. The first-order chi connectivity index (χ1) is 15.5. The van der Waals surface area contributed by atoms with E-state index in [0.717, 1.165) is 0 Å². The molecule has 0 amide bonds. The van der Waals surface area contributed by atoms with Crippen molar-refractivity contribution in [2.24, 2.45) is 0 Å². The van der Waals surface area contributed by atoms with Gasteiger partial charge in [-0.05, 0) is 67.0 Å². The fraction of sp³-hybridized carbons (Fsp3) is 0.182. The highest BCUT2D eigenvalue weighted by atomic mass is 79.9. The van der Waals surface area contributed by atoms with Crippen molar-refractivity contribution >= 4 is 36.9 Å². The van der Waals surface area contributed by atoms with Gasteiger partial charge in [-0.3, -0.25) is 9.55 Å². The van der Waals surface area contributed by atoms with Crippen LogP contribution in [0, 0.1) is 17.1 Å². The molecule has 33 heavy (non-hydrogen) atoms. The first-order valence-corrected chi connectivity index (χ1v) is 12.0. The number of sulfonamides is 1. The maximum absolute atomic E-state index is 14.3. The van der Waals surface area contributed by atoms with Gasteiger partial charge < -0.3 is 0 Å². The standard InChI is InChI=1S/C22H18BrFN6O2S/c1-22(2,3)29-33(31,32)13-5-6-18(28-12-13)20-15(11-25)14-9-17(24)16(23)10-19(14)30(20)21-26-7-4-8-27-21/h4-10,12,29H,1-3H3. The van der Waals surface area contributed by atoms with Crippen molar-refractivity contribution < 1.29 is 12.8 Å². The molecule has 0 aliphatic carbocycles. The monoisotopic (exact) mass is 528 g/mol. The predicted molar refractivity (Wildman–Crippen MR) is 125 cm³/mol. The van der Waals surface area contributed by atoms with Crippen LogP contribution in [0.25, 0.3) is 28.2 Å². The molecule has 1 aromatic carbocycles. The van der Waals surface area contributed by atoms with Gasteiger partial charge in [-0.1, -0.05) is 0 Å². The van der Waals surface area contributed by atoms with E-state index in [0.29, 0.717) is 22.3 Å². The molecular formula is C22H18BrFN6O2S. The fourth-order valence-corrected chi connectivity index (χ4v) is 5.09. The first kappa shape index (κ1) is 23.0. The highest BCUT2D eigenvalue weighted by Crippen LogP contribution is 2.36. The Bertz CT molecular complexity index is 1510. The van der Waals surface area contributed by atoms with E-state index in [4.69, 9.17) is 0 Å². The van der Waals surface area contributed by atoms with Crippen molar-refractivity contribution in [3.05, 3.63) is 64.8 Å². The zero-order chi connectivity index (χ0) is 24.0. The number of nitriles is 1. The highest BCUT2D eigenvalue weighted by molar-refractivity contribution is 9.10. The van der Waals surface area contributed by atoms with Gasteiger partial charge >= 0.3 is 0 Å². The lowest BCUT2D eigenvalue weighted by molar-refractivity contribution is 0.491. The maximum atomic E-state index is 14.3. The normalized spacial score (nSPS) is 12.1. The second-order valence-electron chi connectivity index (χ2n) is 8.24. The number of fused-ring (bicyclic) bond motifs is 1. The van der Waals surface area contributed by atoms with E-state index in [2.05, 4.69) is 41.7 Å². The number of nitrogens with one attached hydrogen (secondary N) is 1. The van der Waals surface area contributed by atoms with Gasteiger partial charge in [-0.15, -0.1) is 0 Å². The van der Waals surface area contributed by atoms with Crippen molar-refractivity contribution in [2.75, 3.05) is 0 Å². The van der Waals surface area contributed by atoms with E-state index >= 15 is 0 Å². The molecule has 0 atom stereocenters. The Morgan fingerprint density at radius 2 is 1.85 bits per heavy atom. The Morgan fingerprint density at radius 1 is 1.15 bits per heavy atom. The molecule has 0 radical (unpaired) electrons. The molecule has 0 saturated heterocycles. The summed E-state index contributed by atoms with van der Waals surface area (Å²) in [4.78, 5) is 12.9. The number of pyridine rings is 1. The second kappa shape index (κ2) is 8.30. The molecule has 4 aromatic rings. The van der Waals surface area contributed by atoms with Crippen LogP contribution in [0.15, 0.2) is 58.3 Å². The summed E-state index contributed by atoms with van der Waals surface area (Å²) in [5.41, 5.74) is 0.624. The third-order valence-electron chi connectivity index (χ3n) is 4.60. The SMILES string of the molecule is CC(C)(C)NS(=O)(=O)c1ccc(-c2c(C#N)c3cc(F)c(Br)cc3n2-c2ncccn2)nc1. The zero-order valence-electron chi connectivity index (χ0n) is 17.8. The second-order valence-corrected chi connectivity index (χ2v) is 10.8. The number of hydrogen-bond acceptors (Lipinski definition) is 6. The Hall–Kier alpha value is -3.20. The van der Waals surface area contributed by atoms with Gasteiger partial charge in [0.1, 0.15) is 16.8 Å². The summed E-state index contributed by atoms with van der Waals surface area (Å²) in [5.74, 6) is -0.273. The minimum atomic E-state index is -3.80. The highest BCUT2D eigenvalue weighted by Gasteiger charge is 2.25. The Morgan fingerprint density at radius 3 is 2.42 bits per heavy atom. The third kappa shape index (κ3) is 4.37. The fourth-order valence-electron chi connectivity index (χ4n) is 3.39. The minimum Gasteiger partial charge on any atom is -0.275 e. The summed E-state index contributed by atoms with van der Waals surface area (Å²) in [6, 6.07) is 9.47. The maximum Gasteiger partial charge on any atom is 0.242 e. The summed E-state index contributed by atoms with van der Waals surface area (Å²) in [6.07, 6.45) is 4.31. The Kier molecular flexibility index (Phi) is 5.78. The largest absolute Gasteiger partial charge is 0.275 e. The predicted octanol–water partition coefficient (Wildman–Crippen LogP) is 4.33. The summed E-state index contributed by atoms with van der Waals surface area (Å²) >= 11 is 3.19. The number of aromatic nitrogens is 4. The number of hydrogen-bond donors (Lipinski definition) is 1. The van der Waals surface area contributed by atoms with E-state index in [1.165, 1.54) is 30.5 Å². The molecule has 4 rings (SSSR count). The van der Waals surface area contributed by atoms with Crippen LogP contribution < -0.4 is 4.72 Å². The van der Waals surface area contributed by atoms with Crippen LogP contribution in [-0.2, 0) is 10.0 Å². The van der Waals surface area contributed by atoms with Crippen molar-refractivity contribution in [2.45, 2.75) is 31.2 Å². The van der Waals surface area contributed by atoms with E-state index in [9.17, 15) is 18.1 Å². The molecule has 1 N–H and O–H groups in total. The molecular weight excluding hydrogens is 511 g/mol. The van der Waals surface area contributed by atoms with Gasteiger partial charge in [-0.25, -0.2) is 27.5 Å².